The van der Waals surface area contributed by atoms with Crippen molar-refractivity contribution in [2.75, 3.05) is 0 Å². The number of hydrogen-bond acceptors (Lipinski definition) is 10. The number of para-hydroxylation sites is 12. The lowest BCUT2D eigenvalue weighted by atomic mass is 10.1. The fraction of sp³-hybridized carbons (Fsp3) is 0.0392. The molecule has 0 bridgehead atoms. The van der Waals surface area contributed by atoms with Gasteiger partial charge >= 0.3 is 0 Å². The number of rotatable bonds is 1. The number of carbonyl (C=O) groups excluding carboxylic acids is 1. The molecule has 12 rings (SSSR count). The highest BCUT2D eigenvalue weighted by Crippen LogP contribution is 2.25. The molecule has 2 aliphatic heterocycles. The molecule has 2 aliphatic carbocycles. The minimum atomic E-state index is -0.486. The zero-order valence-corrected chi connectivity index (χ0v) is 34.5. The predicted molar refractivity (Wildman–Crippen MR) is 251 cm³/mol. The fourth-order valence-corrected chi connectivity index (χ4v) is 7.44. The van der Waals surface area contributed by atoms with Crippen molar-refractivity contribution in [3.8, 4) is 28.5 Å². The third-order valence-corrected chi connectivity index (χ3v) is 10.6. The van der Waals surface area contributed by atoms with Crippen LogP contribution >= 0.6 is 0 Å². The smallest absolute Gasteiger partial charge is 0.250 e. The Hall–Kier alpha value is -8.97. The van der Waals surface area contributed by atoms with E-state index < -0.39 is 5.91 Å². The van der Waals surface area contributed by atoms with Crippen molar-refractivity contribution in [2.45, 2.75) is 0 Å². The van der Waals surface area contributed by atoms with Gasteiger partial charge < -0.3 is 20.0 Å². The zero-order chi connectivity index (χ0) is 44.3. The monoisotopic (exact) mass is 839 g/mol. The largest absolute Gasteiger partial charge is 0.506 e. The first kappa shape index (κ1) is 40.4. The molecule has 4 aliphatic rings. The summed E-state index contributed by atoms with van der Waals surface area (Å²) in [5.74, 6) is -0.314. The summed E-state index contributed by atoms with van der Waals surface area (Å²) in [5, 5.41) is 9.63. The number of benzene rings is 8. The van der Waals surface area contributed by atoms with Gasteiger partial charge in [0.05, 0.1) is 72.1 Å². The first-order valence-corrected chi connectivity index (χ1v) is 20.1. The van der Waals surface area contributed by atoms with Gasteiger partial charge in [0.15, 0.2) is 0 Å². The molecule has 0 saturated heterocycles. The Morgan fingerprint density at radius 2 is 0.797 bits per heavy atom. The van der Waals surface area contributed by atoms with Crippen LogP contribution in [-0.2, 0) is 14.1 Å². The van der Waals surface area contributed by atoms with Gasteiger partial charge in [-0.3, -0.25) is 14.4 Å². The average molecular weight is 840 g/mol. The molecule has 13 nitrogen and oxygen atoms in total. The van der Waals surface area contributed by atoms with E-state index in [1.54, 1.807) is 48.5 Å². The number of aromatic hydroxyl groups is 1. The van der Waals surface area contributed by atoms with Crippen molar-refractivity contribution < 1.29 is 9.90 Å². The van der Waals surface area contributed by atoms with Crippen LogP contribution in [0.4, 0.5) is 0 Å². The van der Waals surface area contributed by atoms with Crippen molar-refractivity contribution in [3.63, 3.8) is 0 Å². The summed E-state index contributed by atoms with van der Waals surface area (Å²) >= 11 is 0. The Morgan fingerprint density at radius 3 is 1.28 bits per heavy atom. The number of nitrogens with two attached hydrogens (primary N) is 1. The maximum Gasteiger partial charge on any atom is 0.250 e. The van der Waals surface area contributed by atoms with Crippen molar-refractivity contribution >= 4 is 72.1 Å². The van der Waals surface area contributed by atoms with Gasteiger partial charge in [-0.15, -0.1) is 0 Å². The minimum absolute atomic E-state index is 0.0288. The van der Waals surface area contributed by atoms with E-state index in [2.05, 4.69) is 29.9 Å². The molecule has 0 fully saturated rings. The van der Waals surface area contributed by atoms with E-state index in [0.29, 0.717) is 39.0 Å². The maximum atomic E-state index is 11.7. The van der Waals surface area contributed by atoms with Crippen LogP contribution < -0.4 is 16.6 Å². The van der Waals surface area contributed by atoms with E-state index in [1.165, 1.54) is 0 Å². The van der Waals surface area contributed by atoms with Crippen molar-refractivity contribution in [3.05, 3.63) is 196 Å². The van der Waals surface area contributed by atoms with Crippen molar-refractivity contribution in [1.29, 1.82) is 0 Å². The first-order chi connectivity index (χ1) is 31.1. The van der Waals surface area contributed by atoms with E-state index in [1.807, 2.05) is 145 Å². The van der Waals surface area contributed by atoms with Gasteiger partial charge in [-0.25, -0.2) is 29.9 Å². The molecular weight excluding hydrogens is 803 g/mol. The normalized spacial score (nSPS) is 11.0. The van der Waals surface area contributed by atoms with Gasteiger partial charge in [-0.2, -0.15) is 0 Å². The highest BCUT2D eigenvalue weighted by molar-refractivity contribution is 6.05. The molecule has 0 saturated carbocycles. The van der Waals surface area contributed by atoms with E-state index in [-0.39, 0.29) is 16.6 Å². The van der Waals surface area contributed by atoms with Crippen LogP contribution in [0.25, 0.3) is 89.0 Å². The lowest BCUT2D eigenvalue weighted by Crippen LogP contribution is -2.12. The van der Waals surface area contributed by atoms with Crippen molar-refractivity contribution in [1.82, 2.24) is 39.0 Å². The standard InChI is InChI=1S/C13H9N3O.2C13H10N2O.C12H8N2O/c14-13(17)8-4-3-7-11-12(8)16-10-6-2-1-5-9(10)15-11;2*1-15-10-6-3-2-5-9(10)14-13-11(15)7-4-8-12(13)16;15-11-7-3-6-10-12(11)14-9-5-2-1-4-8(9)13-10/h1-7H,(H2,14,17);2*2-8H,1H3;1-7,15H. The quantitative estimate of drug-likeness (QED) is 0.152. The number of phenols is 1. The molecule has 64 heavy (non-hydrogen) atoms. The Morgan fingerprint density at radius 1 is 0.422 bits per heavy atom. The number of amides is 1. The van der Waals surface area contributed by atoms with Gasteiger partial charge in [-0.1, -0.05) is 72.8 Å². The second kappa shape index (κ2) is 17.2. The summed E-state index contributed by atoms with van der Waals surface area (Å²) < 4.78 is 4.00. The average Bonchev–Trinajstić information content (AvgIpc) is 3.32. The molecule has 0 unspecified atom stereocenters. The Labute approximate surface area is 364 Å². The maximum absolute atomic E-state index is 11.7. The van der Waals surface area contributed by atoms with Crippen LogP contribution in [0.2, 0.25) is 0 Å². The topological polar surface area (TPSA) is 185 Å². The molecule has 310 valence electrons. The Kier molecular flexibility index (Phi) is 10.9. The molecule has 0 spiro atoms. The van der Waals surface area contributed by atoms with E-state index in [0.717, 1.165) is 55.5 Å². The summed E-state index contributed by atoms with van der Waals surface area (Å²) in [4.78, 5) is 61.2. The number of aryl methyl sites for hydroxylation is 2. The minimum Gasteiger partial charge on any atom is -0.506 e. The summed E-state index contributed by atoms with van der Waals surface area (Å²) in [7, 11) is 3.90. The highest BCUT2D eigenvalue weighted by atomic mass is 16.3. The van der Waals surface area contributed by atoms with Gasteiger partial charge in [-0.05, 0) is 97.1 Å². The van der Waals surface area contributed by atoms with Gasteiger partial charge in [0.2, 0.25) is 10.9 Å². The second-order valence-corrected chi connectivity index (χ2v) is 14.7. The molecule has 2 aromatic heterocycles. The molecular formula is C51H37N9O4. The Bertz CT molecular complexity index is 3650. The van der Waals surface area contributed by atoms with Crippen LogP contribution in [0, 0.1) is 0 Å². The number of primary amides is 1. The Balaban J connectivity index is 0.000000108. The molecule has 0 atom stereocenters. The number of fused-ring (bicyclic) bond motifs is 8. The molecule has 6 aromatic carbocycles. The number of nitrogens with zero attached hydrogens (tertiary/aromatic N) is 8. The number of aromatic nitrogens is 8. The summed E-state index contributed by atoms with van der Waals surface area (Å²) in [5.41, 5.74) is 17.9. The molecule has 1 amide bonds. The lowest BCUT2D eigenvalue weighted by molar-refractivity contribution is 0.100. The predicted octanol–water partition coefficient (Wildman–Crippen LogP) is 8.45. The van der Waals surface area contributed by atoms with Gasteiger partial charge in [0.25, 0.3) is 5.91 Å². The summed E-state index contributed by atoms with van der Waals surface area (Å²) in [6.07, 6.45) is 0. The molecule has 13 heteroatoms. The third-order valence-electron chi connectivity index (χ3n) is 10.6. The molecule has 0 radical (unpaired) electrons. The van der Waals surface area contributed by atoms with Crippen molar-refractivity contribution in [2.24, 2.45) is 19.8 Å². The second-order valence-electron chi connectivity index (χ2n) is 14.7. The van der Waals surface area contributed by atoms with Crippen LogP contribution in [0.1, 0.15) is 10.4 Å². The highest BCUT2D eigenvalue weighted by Gasteiger charge is 2.14. The molecule has 3 N–H and O–H groups in total. The first-order valence-electron chi connectivity index (χ1n) is 20.1. The van der Waals surface area contributed by atoms with Gasteiger partial charge in [0.1, 0.15) is 28.2 Å². The zero-order valence-electron chi connectivity index (χ0n) is 34.5. The van der Waals surface area contributed by atoms with Crippen LogP contribution in [-0.4, -0.2) is 50.1 Å². The van der Waals surface area contributed by atoms with Crippen LogP contribution in [0.5, 0.6) is 5.75 Å². The number of hydrogen-bond donors (Lipinski definition) is 2. The van der Waals surface area contributed by atoms with Crippen LogP contribution in [0.3, 0.4) is 0 Å². The van der Waals surface area contributed by atoms with E-state index in [4.69, 9.17) is 5.73 Å². The summed E-state index contributed by atoms with van der Waals surface area (Å²) in [6.45, 7) is 0. The molecule has 8 aromatic rings. The third kappa shape index (κ3) is 7.87. The van der Waals surface area contributed by atoms with E-state index >= 15 is 0 Å². The fourth-order valence-electron chi connectivity index (χ4n) is 7.44. The lowest BCUT2D eigenvalue weighted by Gasteiger charge is -2.13. The van der Waals surface area contributed by atoms with Crippen LogP contribution in [0.15, 0.2) is 179 Å². The molecule has 4 heterocycles. The number of phenolic OH excluding ortho intramolecular Hbond substituents is 1. The number of carbonyl (C=O) groups is 1. The summed E-state index contributed by atoms with van der Waals surface area (Å²) in [6, 6.07) is 51.7. The van der Waals surface area contributed by atoms with Gasteiger partial charge in [0, 0.05) is 14.1 Å². The van der Waals surface area contributed by atoms with E-state index in [9.17, 15) is 19.5 Å². The SMILES string of the molecule is Cn1c2cccc(=O)c-2nc2ccccc21.Cn1c2cccc(=O)c-2nc2ccccc21.NC(=O)c1cccc2nc3ccccc3nc12.Oc1cccc2nc3ccccc3nc12.